The van der Waals surface area contributed by atoms with Gasteiger partial charge in [0, 0.05) is 30.3 Å². The number of esters is 3. The van der Waals surface area contributed by atoms with E-state index in [1.807, 2.05) is 0 Å². The van der Waals surface area contributed by atoms with Crippen LogP contribution in [0.3, 0.4) is 0 Å². The van der Waals surface area contributed by atoms with Crippen molar-refractivity contribution in [1.29, 1.82) is 0 Å². The third kappa shape index (κ3) is 4.56. The average molecular weight is 403 g/mol. The van der Waals surface area contributed by atoms with Crippen molar-refractivity contribution in [3.05, 3.63) is 12.2 Å². The van der Waals surface area contributed by atoms with Gasteiger partial charge in [-0.15, -0.1) is 0 Å². The van der Waals surface area contributed by atoms with Crippen molar-refractivity contribution in [3.63, 3.8) is 0 Å². The van der Waals surface area contributed by atoms with E-state index < -0.39 is 52.3 Å². The summed E-state index contributed by atoms with van der Waals surface area (Å²) in [6, 6.07) is 0. The second-order valence-corrected chi connectivity index (χ2v) is 7.89. The smallest absolute Gasteiger partial charge is 0.333 e. The molecule has 152 valence electrons. The molecule has 0 saturated heterocycles. The Hall–Kier alpha value is -1.78. The fraction of sp³-hybridized carbons (Fsp3) is 0.706. The van der Waals surface area contributed by atoms with Crippen LogP contribution in [0.5, 0.6) is 0 Å². The van der Waals surface area contributed by atoms with Crippen LogP contribution >= 0.6 is 0 Å². The van der Waals surface area contributed by atoms with Crippen LogP contribution in [0, 0.1) is 10.8 Å². The minimum Gasteiger partial charge on any atom is -0.750 e. The van der Waals surface area contributed by atoms with Gasteiger partial charge in [0.1, 0.15) is 18.8 Å². The van der Waals surface area contributed by atoms with Gasteiger partial charge in [-0.2, -0.15) is 0 Å². The summed E-state index contributed by atoms with van der Waals surface area (Å²) in [5.74, 6) is -1.74. The summed E-state index contributed by atoms with van der Waals surface area (Å²) >= 11 is -2.89. The Morgan fingerprint density at radius 3 is 1.93 bits per heavy atom. The minimum absolute atomic E-state index is 0.0658. The van der Waals surface area contributed by atoms with Gasteiger partial charge in [0.25, 0.3) is 0 Å². The lowest BCUT2D eigenvalue weighted by Gasteiger charge is -2.41. The van der Waals surface area contributed by atoms with Gasteiger partial charge in [-0.25, -0.2) is 9.00 Å². The molecular formula is C17H23O9S-. The predicted molar refractivity (Wildman–Crippen MR) is 90.5 cm³/mol. The van der Waals surface area contributed by atoms with Gasteiger partial charge in [0.2, 0.25) is 0 Å². The number of carbonyl (C=O) groups is 3. The quantitative estimate of drug-likeness (QED) is 0.252. The minimum atomic E-state index is -2.89. The van der Waals surface area contributed by atoms with E-state index in [1.54, 1.807) is 0 Å². The fourth-order valence-electron chi connectivity index (χ4n) is 4.05. The molecule has 2 fully saturated rings. The summed E-state index contributed by atoms with van der Waals surface area (Å²) in [6.45, 7) is 7.33. The van der Waals surface area contributed by atoms with E-state index in [4.69, 9.17) is 18.4 Å². The maximum Gasteiger partial charge on any atom is 0.333 e. The molecule has 2 bridgehead atoms. The Balaban J connectivity index is 2.39. The van der Waals surface area contributed by atoms with E-state index in [9.17, 15) is 23.1 Å². The number of ether oxygens (including phenoxy) is 3. The van der Waals surface area contributed by atoms with E-state index in [-0.39, 0.29) is 18.8 Å². The van der Waals surface area contributed by atoms with Gasteiger partial charge >= 0.3 is 17.9 Å². The Labute approximate surface area is 159 Å². The van der Waals surface area contributed by atoms with Crippen molar-refractivity contribution >= 4 is 29.3 Å². The van der Waals surface area contributed by atoms with E-state index in [1.165, 1.54) is 20.8 Å². The van der Waals surface area contributed by atoms with Crippen molar-refractivity contribution in [2.75, 3.05) is 13.2 Å². The summed E-state index contributed by atoms with van der Waals surface area (Å²) in [5, 5.41) is 0. The lowest BCUT2D eigenvalue weighted by molar-refractivity contribution is -0.170. The SMILES string of the molecule is C=C(C)C(=O)OC1C(OS(=O)[O-])C2(COC(C)=O)CCC1(COC(C)=O)C2. The molecule has 2 saturated carbocycles. The van der Waals surface area contributed by atoms with Crippen molar-refractivity contribution < 1.29 is 41.5 Å². The lowest BCUT2D eigenvalue weighted by Crippen LogP contribution is -2.50. The summed E-state index contributed by atoms with van der Waals surface area (Å²) in [7, 11) is 0. The van der Waals surface area contributed by atoms with Gasteiger partial charge in [0.15, 0.2) is 0 Å². The van der Waals surface area contributed by atoms with Crippen molar-refractivity contribution in [2.24, 2.45) is 10.8 Å². The number of fused-ring (bicyclic) bond motifs is 2. The number of hydrogen-bond acceptors (Lipinski definition) is 9. The van der Waals surface area contributed by atoms with Gasteiger partial charge in [0.05, 0.1) is 18.0 Å². The molecule has 27 heavy (non-hydrogen) atoms. The Morgan fingerprint density at radius 2 is 1.52 bits per heavy atom. The second kappa shape index (κ2) is 8.07. The van der Waals surface area contributed by atoms with Crippen LogP contribution in [0.4, 0.5) is 0 Å². The van der Waals surface area contributed by atoms with Gasteiger partial charge in [-0.3, -0.25) is 13.8 Å². The highest BCUT2D eigenvalue weighted by atomic mass is 32.2. The Morgan fingerprint density at radius 1 is 1.04 bits per heavy atom. The molecule has 0 radical (unpaired) electrons. The molecule has 0 aromatic carbocycles. The molecule has 10 heteroatoms. The molecule has 0 amide bonds. The van der Waals surface area contributed by atoms with Crippen LogP contribution in [0.1, 0.15) is 40.0 Å². The first-order valence-electron chi connectivity index (χ1n) is 8.41. The molecule has 0 spiro atoms. The van der Waals surface area contributed by atoms with Crippen LogP contribution in [-0.2, 0) is 44.1 Å². The summed E-state index contributed by atoms with van der Waals surface area (Å²) in [4.78, 5) is 34.7. The highest BCUT2D eigenvalue weighted by Gasteiger charge is 2.69. The molecule has 0 aromatic rings. The zero-order valence-corrected chi connectivity index (χ0v) is 16.3. The normalized spacial score (nSPS) is 32.6. The first-order valence-corrected chi connectivity index (χ1v) is 9.41. The van der Waals surface area contributed by atoms with Crippen molar-refractivity contribution in [1.82, 2.24) is 0 Å². The van der Waals surface area contributed by atoms with E-state index in [2.05, 4.69) is 6.58 Å². The standard InChI is InChI=1S/C17H24O9S/c1-10(2)15(20)25-13-14(26-27(21)22)17(9-24-12(4)19)6-5-16(13,7-17)8-23-11(3)18/h13-14H,1,5-9H2,2-4H3,(H,21,22)/p-1. The maximum absolute atomic E-state index is 12.1. The summed E-state index contributed by atoms with van der Waals surface area (Å²) < 4.78 is 43.5. The average Bonchev–Trinajstić information content (AvgIpc) is 3.05. The molecule has 9 nitrogen and oxygen atoms in total. The molecule has 0 N–H and O–H groups in total. The van der Waals surface area contributed by atoms with Gasteiger partial charge in [-0.1, -0.05) is 6.58 Å². The molecule has 2 aliphatic carbocycles. The summed E-state index contributed by atoms with van der Waals surface area (Å²) in [6.07, 6.45) is -0.798. The zero-order valence-electron chi connectivity index (χ0n) is 15.5. The topological polar surface area (TPSA) is 128 Å². The lowest BCUT2D eigenvalue weighted by atomic mass is 9.78. The van der Waals surface area contributed by atoms with Crippen LogP contribution in [0.15, 0.2) is 12.2 Å². The highest BCUT2D eigenvalue weighted by molar-refractivity contribution is 7.74. The predicted octanol–water partition coefficient (Wildman–Crippen LogP) is 0.950. The van der Waals surface area contributed by atoms with E-state index in [0.717, 1.165) is 0 Å². The largest absolute Gasteiger partial charge is 0.750 e. The van der Waals surface area contributed by atoms with E-state index >= 15 is 0 Å². The number of rotatable bonds is 8. The molecule has 0 aromatic heterocycles. The molecule has 0 heterocycles. The number of hydrogen-bond donors (Lipinski definition) is 0. The highest BCUT2D eigenvalue weighted by Crippen LogP contribution is 2.63. The van der Waals surface area contributed by atoms with Crippen LogP contribution < -0.4 is 0 Å². The fourth-order valence-corrected chi connectivity index (χ4v) is 4.52. The van der Waals surface area contributed by atoms with Crippen LogP contribution in [-0.4, -0.2) is 52.1 Å². The number of carbonyl (C=O) groups excluding carboxylic acids is 3. The van der Waals surface area contributed by atoms with Gasteiger partial charge in [-0.05, 0) is 26.2 Å². The van der Waals surface area contributed by atoms with Crippen LogP contribution in [0.25, 0.3) is 0 Å². The molecule has 2 aliphatic rings. The molecule has 0 aliphatic heterocycles. The zero-order chi connectivity index (χ0) is 20.4. The molecule has 5 atom stereocenters. The van der Waals surface area contributed by atoms with Crippen LogP contribution in [0.2, 0.25) is 0 Å². The Bertz CT molecular complexity index is 675. The monoisotopic (exact) mass is 403 g/mol. The molecule has 5 unspecified atom stereocenters. The maximum atomic E-state index is 12.1. The van der Waals surface area contributed by atoms with Gasteiger partial charge < -0.3 is 18.8 Å². The van der Waals surface area contributed by atoms with E-state index in [0.29, 0.717) is 19.3 Å². The Kier molecular flexibility index (Phi) is 6.43. The molecule has 2 rings (SSSR count). The first-order chi connectivity index (χ1) is 12.5. The second-order valence-electron chi connectivity index (χ2n) is 7.29. The third-order valence-electron chi connectivity index (χ3n) is 5.20. The molecular weight excluding hydrogens is 380 g/mol. The summed E-state index contributed by atoms with van der Waals surface area (Å²) in [5.41, 5.74) is -1.57. The third-order valence-corrected chi connectivity index (χ3v) is 5.56. The van der Waals surface area contributed by atoms with Crippen molar-refractivity contribution in [3.8, 4) is 0 Å². The van der Waals surface area contributed by atoms with Crippen molar-refractivity contribution in [2.45, 2.75) is 52.2 Å². The first kappa shape index (κ1) is 21.5.